The fourth-order valence-electron chi connectivity index (χ4n) is 1.77. The molecule has 4 heteroatoms. The zero-order chi connectivity index (χ0) is 12.4. The molecule has 0 saturated carbocycles. The van der Waals surface area contributed by atoms with E-state index in [9.17, 15) is 0 Å². The van der Waals surface area contributed by atoms with Gasteiger partial charge in [0.1, 0.15) is 6.61 Å². The molecule has 0 N–H and O–H groups in total. The van der Waals surface area contributed by atoms with Gasteiger partial charge in [-0.3, -0.25) is 0 Å². The molecular weight excluding hydrogens is 346 g/mol. The summed E-state index contributed by atoms with van der Waals surface area (Å²) >= 11 is 6.97. The van der Waals surface area contributed by atoms with Gasteiger partial charge in [-0.15, -0.1) is 0 Å². The molecule has 0 radical (unpaired) electrons. The summed E-state index contributed by atoms with van der Waals surface area (Å²) in [7, 11) is 0. The molecular formula is C13H15Br2NO. The first-order chi connectivity index (χ1) is 8.04. The predicted octanol–water partition coefficient (Wildman–Crippen LogP) is 4.21. The van der Waals surface area contributed by atoms with E-state index < -0.39 is 0 Å². The van der Waals surface area contributed by atoms with Crippen LogP contribution in [-0.2, 0) is 11.2 Å². The van der Waals surface area contributed by atoms with Crippen molar-refractivity contribution < 1.29 is 4.74 Å². The Hall–Kier alpha value is -0.350. The van der Waals surface area contributed by atoms with Crippen molar-refractivity contribution in [1.82, 2.24) is 0 Å². The summed E-state index contributed by atoms with van der Waals surface area (Å²) in [5, 5.41) is 0. The second kappa shape index (κ2) is 5.53. The second-order valence-electron chi connectivity index (χ2n) is 4.60. The third-order valence-electron chi connectivity index (χ3n) is 2.78. The first-order valence-corrected chi connectivity index (χ1v) is 7.27. The van der Waals surface area contributed by atoms with Crippen LogP contribution in [0.25, 0.3) is 0 Å². The zero-order valence-corrected chi connectivity index (χ0v) is 13.1. The molecule has 1 aliphatic rings. The van der Waals surface area contributed by atoms with Crippen LogP contribution in [0.5, 0.6) is 0 Å². The summed E-state index contributed by atoms with van der Waals surface area (Å²) < 4.78 is 7.77. The third-order valence-corrected chi connectivity index (χ3v) is 3.69. The summed E-state index contributed by atoms with van der Waals surface area (Å²) in [5.74, 6) is 1.40. The molecule has 17 heavy (non-hydrogen) atoms. The standard InChI is InChI=1S/C13H15Br2NO/c1-8(2)12-7-17-13(16-12)5-9-3-10(14)6-11(15)4-9/h3-4,6,8,12H,5,7H2,1-2H3/t12-/m1/s1. The van der Waals surface area contributed by atoms with Crippen LogP contribution in [-0.4, -0.2) is 18.5 Å². The van der Waals surface area contributed by atoms with Gasteiger partial charge in [-0.2, -0.15) is 0 Å². The molecule has 0 unspecified atom stereocenters. The maximum atomic E-state index is 5.63. The fraction of sp³-hybridized carbons (Fsp3) is 0.462. The van der Waals surface area contributed by atoms with Gasteiger partial charge in [0.15, 0.2) is 5.90 Å². The average molecular weight is 361 g/mol. The second-order valence-corrected chi connectivity index (χ2v) is 6.43. The third kappa shape index (κ3) is 3.55. The first-order valence-electron chi connectivity index (χ1n) is 5.69. The van der Waals surface area contributed by atoms with E-state index in [0.29, 0.717) is 12.0 Å². The summed E-state index contributed by atoms with van der Waals surface area (Å²) in [6.45, 7) is 5.08. The Bertz CT molecular complexity index is 423. The Kier molecular flexibility index (Phi) is 4.26. The van der Waals surface area contributed by atoms with E-state index in [4.69, 9.17) is 4.74 Å². The van der Waals surface area contributed by atoms with Crippen LogP contribution in [0.4, 0.5) is 0 Å². The molecule has 0 bridgehead atoms. The number of halogens is 2. The van der Waals surface area contributed by atoms with Crippen LogP contribution in [0.2, 0.25) is 0 Å². The Morgan fingerprint density at radius 1 is 1.29 bits per heavy atom. The lowest BCUT2D eigenvalue weighted by atomic mass is 10.1. The number of nitrogens with zero attached hydrogens (tertiary/aromatic N) is 1. The molecule has 0 aliphatic carbocycles. The molecule has 0 spiro atoms. The minimum Gasteiger partial charge on any atom is -0.478 e. The van der Waals surface area contributed by atoms with Crippen molar-refractivity contribution in [1.29, 1.82) is 0 Å². The van der Waals surface area contributed by atoms with Crippen molar-refractivity contribution in [3.8, 4) is 0 Å². The van der Waals surface area contributed by atoms with Gasteiger partial charge in [-0.05, 0) is 29.7 Å². The molecule has 0 fully saturated rings. The molecule has 0 saturated heterocycles. The van der Waals surface area contributed by atoms with E-state index in [0.717, 1.165) is 27.9 Å². The molecule has 1 aromatic rings. The quantitative estimate of drug-likeness (QED) is 0.791. The van der Waals surface area contributed by atoms with Crippen molar-refractivity contribution in [2.45, 2.75) is 26.3 Å². The Balaban J connectivity index is 2.09. The lowest BCUT2D eigenvalue weighted by Crippen LogP contribution is -2.13. The van der Waals surface area contributed by atoms with Crippen molar-refractivity contribution in [2.24, 2.45) is 10.9 Å². The maximum Gasteiger partial charge on any atom is 0.188 e. The highest BCUT2D eigenvalue weighted by Gasteiger charge is 2.21. The number of aliphatic imine (C=N–C) groups is 1. The highest BCUT2D eigenvalue weighted by atomic mass is 79.9. The van der Waals surface area contributed by atoms with Gasteiger partial charge in [0.05, 0.1) is 6.04 Å². The smallest absolute Gasteiger partial charge is 0.188 e. The van der Waals surface area contributed by atoms with E-state index in [1.807, 2.05) is 6.07 Å². The lowest BCUT2D eigenvalue weighted by molar-refractivity contribution is 0.287. The number of ether oxygens (including phenoxy) is 1. The lowest BCUT2D eigenvalue weighted by Gasteiger charge is -2.06. The van der Waals surface area contributed by atoms with Crippen LogP contribution >= 0.6 is 31.9 Å². The van der Waals surface area contributed by atoms with E-state index in [1.165, 1.54) is 5.56 Å². The molecule has 0 aromatic heterocycles. The van der Waals surface area contributed by atoms with Gasteiger partial charge < -0.3 is 4.74 Å². The van der Waals surface area contributed by atoms with Crippen molar-refractivity contribution in [2.75, 3.05) is 6.61 Å². The van der Waals surface area contributed by atoms with Gasteiger partial charge in [0.25, 0.3) is 0 Å². The van der Waals surface area contributed by atoms with Crippen LogP contribution in [0.1, 0.15) is 19.4 Å². The summed E-state index contributed by atoms with van der Waals surface area (Å²) in [4.78, 5) is 4.61. The monoisotopic (exact) mass is 359 g/mol. The molecule has 2 rings (SSSR count). The minimum atomic E-state index is 0.320. The fourth-order valence-corrected chi connectivity index (χ4v) is 3.16. The number of hydrogen-bond donors (Lipinski definition) is 0. The largest absolute Gasteiger partial charge is 0.478 e. The summed E-state index contributed by atoms with van der Waals surface area (Å²) in [5.41, 5.74) is 1.20. The SMILES string of the molecule is CC(C)[C@H]1COC(Cc2cc(Br)cc(Br)c2)=N1. The molecule has 1 heterocycles. The highest BCUT2D eigenvalue weighted by Crippen LogP contribution is 2.22. The molecule has 92 valence electrons. The molecule has 1 atom stereocenters. The topological polar surface area (TPSA) is 21.6 Å². The first kappa shape index (κ1) is 13.1. The Labute approximate surface area is 119 Å². The van der Waals surface area contributed by atoms with E-state index >= 15 is 0 Å². The summed E-state index contributed by atoms with van der Waals surface area (Å²) in [6.07, 6.45) is 0.765. The van der Waals surface area contributed by atoms with Crippen LogP contribution in [0.3, 0.4) is 0 Å². The van der Waals surface area contributed by atoms with Crippen LogP contribution in [0.15, 0.2) is 32.1 Å². The molecule has 0 amide bonds. The van der Waals surface area contributed by atoms with Gasteiger partial charge in [-0.25, -0.2) is 4.99 Å². The van der Waals surface area contributed by atoms with E-state index in [2.05, 4.69) is 62.8 Å². The van der Waals surface area contributed by atoms with Gasteiger partial charge >= 0.3 is 0 Å². The van der Waals surface area contributed by atoms with Crippen molar-refractivity contribution in [3.63, 3.8) is 0 Å². The highest BCUT2D eigenvalue weighted by molar-refractivity contribution is 9.11. The van der Waals surface area contributed by atoms with E-state index in [1.54, 1.807) is 0 Å². The predicted molar refractivity (Wildman–Crippen MR) is 77.6 cm³/mol. The number of rotatable bonds is 3. The molecule has 2 nitrogen and oxygen atoms in total. The maximum absolute atomic E-state index is 5.63. The Morgan fingerprint density at radius 2 is 1.94 bits per heavy atom. The normalized spacial score (nSPS) is 19.4. The molecule has 1 aliphatic heterocycles. The van der Waals surface area contributed by atoms with Gasteiger partial charge in [-0.1, -0.05) is 45.7 Å². The van der Waals surface area contributed by atoms with Gasteiger partial charge in [0, 0.05) is 15.4 Å². The summed E-state index contributed by atoms with van der Waals surface area (Å²) in [6, 6.07) is 6.54. The average Bonchev–Trinajstić information content (AvgIpc) is 2.64. The van der Waals surface area contributed by atoms with Crippen molar-refractivity contribution in [3.05, 3.63) is 32.7 Å². The Morgan fingerprint density at radius 3 is 2.47 bits per heavy atom. The molecule has 1 aromatic carbocycles. The number of benzene rings is 1. The van der Waals surface area contributed by atoms with Crippen molar-refractivity contribution >= 4 is 37.8 Å². The van der Waals surface area contributed by atoms with E-state index in [-0.39, 0.29) is 0 Å². The minimum absolute atomic E-state index is 0.320. The van der Waals surface area contributed by atoms with Crippen LogP contribution < -0.4 is 0 Å². The number of hydrogen-bond acceptors (Lipinski definition) is 2. The van der Waals surface area contributed by atoms with Crippen LogP contribution in [0, 0.1) is 5.92 Å². The van der Waals surface area contributed by atoms with Gasteiger partial charge in [0.2, 0.25) is 0 Å². The zero-order valence-electron chi connectivity index (χ0n) is 9.91.